The first kappa shape index (κ1) is 16.8. The highest BCUT2D eigenvalue weighted by molar-refractivity contribution is 5.86. The van der Waals surface area contributed by atoms with Crippen LogP contribution in [0, 0.1) is 17.6 Å². The first-order valence-corrected chi connectivity index (χ1v) is 8.32. The summed E-state index contributed by atoms with van der Waals surface area (Å²) in [6, 6.07) is 11.2. The summed E-state index contributed by atoms with van der Waals surface area (Å²) in [4.78, 5) is 12.7. The quantitative estimate of drug-likeness (QED) is 0.889. The molecule has 0 bridgehead atoms. The maximum atomic E-state index is 14.0. The Labute approximate surface area is 140 Å². The van der Waals surface area contributed by atoms with Gasteiger partial charge in [0, 0.05) is 24.4 Å². The van der Waals surface area contributed by atoms with Gasteiger partial charge in [0.2, 0.25) is 0 Å². The van der Waals surface area contributed by atoms with Gasteiger partial charge in [-0.1, -0.05) is 37.3 Å². The van der Waals surface area contributed by atoms with Crippen LogP contribution in [0.4, 0.5) is 8.78 Å². The summed E-state index contributed by atoms with van der Waals surface area (Å²) < 4.78 is 27.1. The lowest BCUT2D eigenvalue weighted by Crippen LogP contribution is -2.23. The van der Waals surface area contributed by atoms with E-state index in [9.17, 15) is 13.6 Å². The Bertz CT molecular complexity index is 759. The standard InChI is InChI=1S/C20H21F2NO/c1-2-15(17-8-7-14(21)11-18(17)22)19(24)10-13-9-12-5-3-4-6-16(12)20(13)23/h3-8,11,13,15,20H,2,9-10,23H2,1H3/t13-,15?,20-/m1/s1. The normalized spacial score (nSPS) is 20.7. The predicted molar refractivity (Wildman–Crippen MR) is 89.6 cm³/mol. The molecule has 2 aromatic rings. The Kier molecular flexibility index (Phi) is 4.76. The van der Waals surface area contributed by atoms with Crippen LogP contribution in [0.2, 0.25) is 0 Å². The van der Waals surface area contributed by atoms with Crippen molar-refractivity contribution in [2.45, 2.75) is 38.1 Å². The van der Waals surface area contributed by atoms with Crippen LogP contribution in [0.25, 0.3) is 0 Å². The number of ketones is 1. The molecule has 2 N–H and O–H groups in total. The third kappa shape index (κ3) is 3.11. The number of fused-ring (bicyclic) bond motifs is 1. The second-order valence-corrected chi connectivity index (χ2v) is 6.49. The van der Waals surface area contributed by atoms with Crippen LogP contribution < -0.4 is 5.73 Å². The van der Waals surface area contributed by atoms with Crippen LogP contribution >= 0.6 is 0 Å². The number of halogens is 2. The zero-order valence-corrected chi connectivity index (χ0v) is 13.6. The lowest BCUT2D eigenvalue weighted by Gasteiger charge is -2.20. The Morgan fingerprint density at radius 1 is 1.25 bits per heavy atom. The fourth-order valence-electron chi connectivity index (χ4n) is 3.71. The SMILES string of the molecule is CCC(C(=O)C[C@H]1Cc2ccccc2[C@@H]1N)c1ccc(F)cc1F. The number of Topliss-reactive ketones (excluding diaryl/α,β-unsaturated/α-hetero) is 1. The largest absolute Gasteiger partial charge is 0.324 e. The van der Waals surface area contributed by atoms with E-state index in [0.29, 0.717) is 12.8 Å². The molecular formula is C20H21F2NO. The first-order valence-electron chi connectivity index (χ1n) is 8.32. The molecule has 126 valence electrons. The van der Waals surface area contributed by atoms with Crippen molar-refractivity contribution in [2.24, 2.45) is 11.7 Å². The molecule has 4 heteroatoms. The molecule has 3 atom stereocenters. The van der Waals surface area contributed by atoms with E-state index in [1.807, 2.05) is 31.2 Å². The predicted octanol–water partition coefficient (Wildman–Crippen LogP) is 4.29. The smallest absolute Gasteiger partial charge is 0.140 e. The van der Waals surface area contributed by atoms with E-state index in [-0.39, 0.29) is 23.3 Å². The molecule has 0 fully saturated rings. The molecule has 1 aliphatic carbocycles. The summed E-state index contributed by atoms with van der Waals surface area (Å²) >= 11 is 0. The van der Waals surface area contributed by atoms with E-state index in [1.54, 1.807) is 0 Å². The van der Waals surface area contributed by atoms with Gasteiger partial charge >= 0.3 is 0 Å². The van der Waals surface area contributed by atoms with Crippen LogP contribution in [0.5, 0.6) is 0 Å². The Balaban J connectivity index is 1.76. The highest BCUT2D eigenvalue weighted by Gasteiger charge is 2.33. The second-order valence-electron chi connectivity index (χ2n) is 6.49. The van der Waals surface area contributed by atoms with E-state index in [1.165, 1.54) is 17.7 Å². The lowest BCUT2D eigenvalue weighted by atomic mass is 9.85. The molecule has 0 heterocycles. The lowest BCUT2D eigenvalue weighted by molar-refractivity contribution is -0.121. The van der Waals surface area contributed by atoms with Crippen LogP contribution in [0.1, 0.15) is 48.4 Å². The van der Waals surface area contributed by atoms with Gasteiger partial charge in [-0.3, -0.25) is 4.79 Å². The molecule has 2 nitrogen and oxygen atoms in total. The molecule has 0 aromatic heterocycles. The van der Waals surface area contributed by atoms with Crippen molar-refractivity contribution in [2.75, 3.05) is 0 Å². The van der Waals surface area contributed by atoms with Gasteiger partial charge in [-0.25, -0.2) is 8.78 Å². The maximum Gasteiger partial charge on any atom is 0.140 e. The van der Waals surface area contributed by atoms with Crippen molar-refractivity contribution in [3.8, 4) is 0 Å². The van der Waals surface area contributed by atoms with Gasteiger partial charge < -0.3 is 5.73 Å². The van der Waals surface area contributed by atoms with Gasteiger partial charge in [0.1, 0.15) is 17.4 Å². The number of carbonyl (C=O) groups is 1. The molecular weight excluding hydrogens is 308 g/mol. The molecule has 0 saturated carbocycles. The third-order valence-corrected chi connectivity index (χ3v) is 5.00. The average molecular weight is 329 g/mol. The van der Waals surface area contributed by atoms with E-state index in [4.69, 9.17) is 5.73 Å². The van der Waals surface area contributed by atoms with E-state index in [2.05, 4.69) is 0 Å². The topological polar surface area (TPSA) is 43.1 Å². The minimum Gasteiger partial charge on any atom is -0.324 e. The van der Waals surface area contributed by atoms with Crippen LogP contribution in [-0.4, -0.2) is 5.78 Å². The number of benzene rings is 2. The van der Waals surface area contributed by atoms with Crippen molar-refractivity contribution in [1.82, 2.24) is 0 Å². The van der Waals surface area contributed by atoms with Crippen molar-refractivity contribution in [1.29, 1.82) is 0 Å². The van der Waals surface area contributed by atoms with E-state index < -0.39 is 17.6 Å². The molecule has 1 unspecified atom stereocenters. The number of hydrogen-bond donors (Lipinski definition) is 1. The molecule has 3 rings (SSSR count). The van der Waals surface area contributed by atoms with Gasteiger partial charge in [0.05, 0.1) is 0 Å². The number of hydrogen-bond acceptors (Lipinski definition) is 2. The van der Waals surface area contributed by atoms with Gasteiger partial charge in [-0.05, 0) is 41.5 Å². The summed E-state index contributed by atoms with van der Waals surface area (Å²) in [6.45, 7) is 1.84. The molecule has 0 radical (unpaired) electrons. The van der Waals surface area contributed by atoms with Crippen LogP contribution in [0.3, 0.4) is 0 Å². The molecule has 0 aliphatic heterocycles. The van der Waals surface area contributed by atoms with E-state index in [0.717, 1.165) is 18.1 Å². The zero-order valence-electron chi connectivity index (χ0n) is 13.6. The average Bonchev–Trinajstić information content (AvgIpc) is 2.87. The number of carbonyl (C=O) groups excluding carboxylic acids is 1. The Morgan fingerprint density at radius 2 is 2.00 bits per heavy atom. The van der Waals surface area contributed by atoms with E-state index >= 15 is 0 Å². The summed E-state index contributed by atoms with van der Waals surface area (Å²) in [7, 11) is 0. The highest BCUT2D eigenvalue weighted by atomic mass is 19.1. The van der Waals surface area contributed by atoms with Gasteiger partial charge in [-0.2, -0.15) is 0 Å². The van der Waals surface area contributed by atoms with Crippen molar-refractivity contribution in [3.05, 3.63) is 70.8 Å². The summed E-state index contributed by atoms with van der Waals surface area (Å²) in [5.41, 5.74) is 8.84. The van der Waals surface area contributed by atoms with Gasteiger partial charge in [0.25, 0.3) is 0 Å². The Hall–Kier alpha value is -2.07. The molecule has 24 heavy (non-hydrogen) atoms. The maximum absolute atomic E-state index is 14.0. The molecule has 0 amide bonds. The number of nitrogens with two attached hydrogens (primary N) is 1. The van der Waals surface area contributed by atoms with Crippen molar-refractivity contribution >= 4 is 5.78 Å². The fraction of sp³-hybridized carbons (Fsp3) is 0.350. The Morgan fingerprint density at radius 3 is 2.67 bits per heavy atom. The summed E-state index contributed by atoms with van der Waals surface area (Å²) in [5.74, 6) is -1.84. The zero-order chi connectivity index (χ0) is 17.3. The fourth-order valence-corrected chi connectivity index (χ4v) is 3.71. The van der Waals surface area contributed by atoms with Crippen molar-refractivity contribution < 1.29 is 13.6 Å². The molecule has 0 saturated heterocycles. The molecule has 1 aliphatic rings. The van der Waals surface area contributed by atoms with Gasteiger partial charge in [0.15, 0.2) is 0 Å². The summed E-state index contributed by atoms with van der Waals surface area (Å²) in [5, 5.41) is 0. The van der Waals surface area contributed by atoms with Gasteiger partial charge in [-0.15, -0.1) is 0 Å². The minimum absolute atomic E-state index is 0.0312. The third-order valence-electron chi connectivity index (χ3n) is 5.00. The molecule has 2 aromatic carbocycles. The number of rotatable bonds is 5. The monoisotopic (exact) mass is 329 g/mol. The minimum atomic E-state index is -0.658. The summed E-state index contributed by atoms with van der Waals surface area (Å²) in [6.07, 6.45) is 1.56. The van der Waals surface area contributed by atoms with Crippen LogP contribution in [-0.2, 0) is 11.2 Å². The highest BCUT2D eigenvalue weighted by Crippen LogP contribution is 2.38. The second kappa shape index (κ2) is 6.81. The van der Waals surface area contributed by atoms with Crippen molar-refractivity contribution in [3.63, 3.8) is 0 Å². The van der Waals surface area contributed by atoms with Crippen LogP contribution in [0.15, 0.2) is 42.5 Å². The molecule has 0 spiro atoms. The first-order chi connectivity index (χ1) is 11.5.